The summed E-state index contributed by atoms with van der Waals surface area (Å²) < 4.78 is 5.38. The van der Waals surface area contributed by atoms with Crippen LogP contribution < -0.4 is 5.73 Å². The molecule has 4 nitrogen and oxygen atoms in total. The maximum absolute atomic E-state index is 5.81. The first kappa shape index (κ1) is 12.6. The second-order valence-corrected chi connectivity index (χ2v) is 5.36. The van der Waals surface area contributed by atoms with Gasteiger partial charge in [0.1, 0.15) is 5.76 Å². The highest BCUT2D eigenvalue weighted by Crippen LogP contribution is 2.16. The van der Waals surface area contributed by atoms with E-state index in [1.165, 1.54) is 0 Å². The summed E-state index contributed by atoms with van der Waals surface area (Å²) >= 11 is 0. The Hall–Kier alpha value is -0.840. The van der Waals surface area contributed by atoms with Gasteiger partial charge in [-0.3, -0.25) is 9.80 Å². The maximum Gasteiger partial charge on any atom is 0.117 e. The molecule has 1 saturated heterocycles. The predicted octanol–water partition coefficient (Wildman–Crippen LogP) is 1.13. The Labute approximate surface area is 103 Å². The fourth-order valence-corrected chi connectivity index (χ4v) is 2.26. The first-order chi connectivity index (χ1) is 8.12. The van der Waals surface area contributed by atoms with E-state index in [1.54, 1.807) is 6.26 Å². The number of rotatable bonds is 4. The van der Waals surface area contributed by atoms with Crippen LogP contribution in [0.25, 0.3) is 0 Å². The number of piperazine rings is 1. The van der Waals surface area contributed by atoms with E-state index < -0.39 is 0 Å². The van der Waals surface area contributed by atoms with Crippen LogP contribution in [0.5, 0.6) is 0 Å². The standard InChI is InChI=1S/C13H23N3O/c1-13(2,11-14)16-7-5-15(6-8-16)10-12-4-3-9-17-12/h3-4,9H,5-8,10-11,14H2,1-2H3. The topological polar surface area (TPSA) is 45.6 Å². The van der Waals surface area contributed by atoms with Gasteiger partial charge >= 0.3 is 0 Å². The second kappa shape index (κ2) is 5.21. The molecule has 0 unspecified atom stereocenters. The Morgan fingerprint density at radius 1 is 1.29 bits per heavy atom. The SMILES string of the molecule is CC(C)(CN)N1CCN(Cc2ccco2)CC1. The van der Waals surface area contributed by atoms with Crippen molar-refractivity contribution in [2.24, 2.45) is 5.73 Å². The lowest BCUT2D eigenvalue weighted by atomic mass is 10.0. The normalized spacial score (nSPS) is 19.7. The number of nitrogens with two attached hydrogens (primary N) is 1. The minimum absolute atomic E-state index is 0.122. The van der Waals surface area contributed by atoms with Gasteiger partial charge in [0.2, 0.25) is 0 Å². The molecule has 0 radical (unpaired) electrons. The molecule has 1 aliphatic heterocycles. The summed E-state index contributed by atoms with van der Waals surface area (Å²) in [4.78, 5) is 4.91. The summed E-state index contributed by atoms with van der Waals surface area (Å²) in [7, 11) is 0. The zero-order chi connectivity index (χ0) is 12.3. The molecular weight excluding hydrogens is 214 g/mol. The van der Waals surface area contributed by atoms with Crippen molar-refractivity contribution in [2.45, 2.75) is 25.9 Å². The molecule has 17 heavy (non-hydrogen) atoms. The summed E-state index contributed by atoms with van der Waals surface area (Å²) in [5, 5.41) is 0. The van der Waals surface area contributed by atoms with E-state index in [2.05, 4.69) is 23.6 Å². The van der Waals surface area contributed by atoms with E-state index >= 15 is 0 Å². The molecule has 1 fully saturated rings. The highest BCUT2D eigenvalue weighted by atomic mass is 16.3. The smallest absolute Gasteiger partial charge is 0.117 e. The average molecular weight is 237 g/mol. The molecule has 0 spiro atoms. The van der Waals surface area contributed by atoms with Crippen molar-refractivity contribution in [3.8, 4) is 0 Å². The molecule has 4 heteroatoms. The van der Waals surface area contributed by atoms with Gasteiger partial charge in [-0.2, -0.15) is 0 Å². The maximum atomic E-state index is 5.81. The molecule has 0 aromatic carbocycles. The van der Waals surface area contributed by atoms with Crippen LogP contribution in [0.3, 0.4) is 0 Å². The lowest BCUT2D eigenvalue weighted by molar-refractivity contribution is 0.0511. The van der Waals surface area contributed by atoms with Crippen LogP contribution in [0.1, 0.15) is 19.6 Å². The third kappa shape index (κ3) is 3.09. The van der Waals surface area contributed by atoms with Gasteiger partial charge < -0.3 is 10.2 Å². The van der Waals surface area contributed by atoms with Gasteiger partial charge in [0.15, 0.2) is 0 Å². The fourth-order valence-electron chi connectivity index (χ4n) is 2.26. The number of hydrogen-bond donors (Lipinski definition) is 1. The van der Waals surface area contributed by atoms with Crippen LogP contribution in [0.4, 0.5) is 0 Å². The molecule has 96 valence electrons. The molecule has 2 N–H and O–H groups in total. The molecule has 0 aliphatic carbocycles. The summed E-state index contributed by atoms with van der Waals surface area (Å²) in [6, 6.07) is 3.99. The number of nitrogens with zero attached hydrogens (tertiary/aromatic N) is 2. The lowest BCUT2D eigenvalue weighted by Gasteiger charge is -2.43. The monoisotopic (exact) mass is 237 g/mol. The summed E-state index contributed by atoms with van der Waals surface area (Å²) in [6.07, 6.45) is 1.74. The van der Waals surface area contributed by atoms with Crippen molar-refractivity contribution in [3.63, 3.8) is 0 Å². The minimum atomic E-state index is 0.122. The lowest BCUT2D eigenvalue weighted by Crippen LogP contribution is -2.57. The van der Waals surface area contributed by atoms with E-state index in [4.69, 9.17) is 10.2 Å². The van der Waals surface area contributed by atoms with E-state index in [9.17, 15) is 0 Å². The third-order valence-electron chi connectivity index (χ3n) is 3.69. The Kier molecular flexibility index (Phi) is 3.86. The van der Waals surface area contributed by atoms with Crippen LogP contribution in [-0.4, -0.2) is 48.1 Å². The molecule has 1 aliphatic rings. The average Bonchev–Trinajstić information content (AvgIpc) is 2.83. The molecular formula is C13H23N3O. The number of furan rings is 1. The van der Waals surface area contributed by atoms with Crippen molar-refractivity contribution in [1.82, 2.24) is 9.80 Å². The zero-order valence-electron chi connectivity index (χ0n) is 10.9. The molecule has 1 aromatic rings. The van der Waals surface area contributed by atoms with Gasteiger partial charge in [-0.15, -0.1) is 0 Å². The van der Waals surface area contributed by atoms with Gasteiger partial charge in [0, 0.05) is 38.3 Å². The Bertz CT molecular complexity index is 326. The Morgan fingerprint density at radius 2 is 2.00 bits per heavy atom. The Morgan fingerprint density at radius 3 is 2.53 bits per heavy atom. The highest BCUT2D eigenvalue weighted by Gasteiger charge is 2.28. The Balaban J connectivity index is 1.82. The summed E-state index contributed by atoms with van der Waals surface area (Å²) in [5.41, 5.74) is 5.93. The zero-order valence-corrected chi connectivity index (χ0v) is 10.9. The van der Waals surface area contributed by atoms with E-state index in [-0.39, 0.29) is 5.54 Å². The molecule has 0 atom stereocenters. The van der Waals surface area contributed by atoms with Crippen molar-refractivity contribution in [1.29, 1.82) is 0 Å². The van der Waals surface area contributed by atoms with Gasteiger partial charge in [-0.1, -0.05) is 0 Å². The van der Waals surface area contributed by atoms with E-state index in [0.717, 1.165) is 38.5 Å². The van der Waals surface area contributed by atoms with Gasteiger partial charge in [-0.05, 0) is 26.0 Å². The molecule has 0 amide bonds. The quantitative estimate of drug-likeness (QED) is 0.853. The third-order valence-corrected chi connectivity index (χ3v) is 3.69. The van der Waals surface area contributed by atoms with Crippen molar-refractivity contribution in [2.75, 3.05) is 32.7 Å². The van der Waals surface area contributed by atoms with Gasteiger partial charge in [0.05, 0.1) is 12.8 Å². The van der Waals surface area contributed by atoms with Gasteiger partial charge in [-0.25, -0.2) is 0 Å². The molecule has 2 heterocycles. The highest BCUT2D eigenvalue weighted by molar-refractivity contribution is 4.98. The number of hydrogen-bond acceptors (Lipinski definition) is 4. The van der Waals surface area contributed by atoms with Crippen LogP contribution in [0, 0.1) is 0 Å². The fraction of sp³-hybridized carbons (Fsp3) is 0.692. The largest absolute Gasteiger partial charge is 0.468 e. The molecule has 0 saturated carbocycles. The molecule has 2 rings (SSSR count). The predicted molar refractivity (Wildman–Crippen MR) is 68.7 cm³/mol. The molecule has 1 aromatic heterocycles. The van der Waals surface area contributed by atoms with Gasteiger partial charge in [0.25, 0.3) is 0 Å². The van der Waals surface area contributed by atoms with Crippen LogP contribution in [-0.2, 0) is 6.54 Å². The minimum Gasteiger partial charge on any atom is -0.468 e. The van der Waals surface area contributed by atoms with Crippen LogP contribution in [0.2, 0.25) is 0 Å². The summed E-state index contributed by atoms with van der Waals surface area (Å²) in [6.45, 7) is 10.4. The van der Waals surface area contributed by atoms with Crippen LogP contribution in [0.15, 0.2) is 22.8 Å². The van der Waals surface area contributed by atoms with Crippen LogP contribution >= 0.6 is 0 Å². The van der Waals surface area contributed by atoms with Crippen molar-refractivity contribution >= 4 is 0 Å². The van der Waals surface area contributed by atoms with Crippen molar-refractivity contribution in [3.05, 3.63) is 24.2 Å². The van der Waals surface area contributed by atoms with E-state index in [0.29, 0.717) is 6.54 Å². The van der Waals surface area contributed by atoms with E-state index in [1.807, 2.05) is 12.1 Å². The molecule has 0 bridgehead atoms. The first-order valence-electron chi connectivity index (χ1n) is 6.32. The first-order valence-corrected chi connectivity index (χ1v) is 6.32. The van der Waals surface area contributed by atoms with Crippen molar-refractivity contribution < 1.29 is 4.42 Å². The second-order valence-electron chi connectivity index (χ2n) is 5.36. The summed E-state index contributed by atoms with van der Waals surface area (Å²) in [5.74, 6) is 1.05.